The summed E-state index contributed by atoms with van der Waals surface area (Å²) in [6, 6.07) is 0. The lowest BCUT2D eigenvalue weighted by Crippen LogP contribution is -2.36. The average Bonchev–Trinajstić information content (AvgIpc) is 2.42. The van der Waals surface area contributed by atoms with Crippen LogP contribution in [-0.2, 0) is 9.53 Å². The highest BCUT2D eigenvalue weighted by molar-refractivity contribution is 6.12. The maximum atomic E-state index is 10.7. The van der Waals surface area contributed by atoms with Crippen LogP contribution in [0.25, 0.3) is 0 Å². The van der Waals surface area contributed by atoms with Gasteiger partial charge < -0.3 is 25.3 Å². The van der Waals surface area contributed by atoms with E-state index in [0.29, 0.717) is 0 Å². The summed E-state index contributed by atoms with van der Waals surface area (Å²) in [4.78, 5) is 10.7. The zero-order valence-corrected chi connectivity index (χ0v) is 6.49. The smallest absolute Gasteiger partial charge is 0.341 e. The summed E-state index contributed by atoms with van der Waals surface area (Å²) in [5, 5.41) is 37.6. The molecule has 13 heavy (non-hydrogen) atoms. The van der Waals surface area contributed by atoms with Crippen LogP contribution in [0.15, 0.2) is 5.16 Å². The molecule has 1 saturated heterocycles. The first-order valence-electron chi connectivity index (χ1n) is 3.51. The van der Waals surface area contributed by atoms with Gasteiger partial charge in [0.1, 0.15) is 11.8 Å². The van der Waals surface area contributed by atoms with Crippen LogP contribution in [0.3, 0.4) is 0 Å². The van der Waals surface area contributed by atoms with Gasteiger partial charge in [0.15, 0.2) is 12.2 Å². The summed E-state index contributed by atoms with van der Waals surface area (Å²) < 4.78 is 4.44. The van der Waals surface area contributed by atoms with Gasteiger partial charge in [-0.25, -0.2) is 4.79 Å². The third-order valence-electron chi connectivity index (χ3n) is 1.69. The van der Waals surface area contributed by atoms with E-state index in [1.807, 2.05) is 0 Å². The fourth-order valence-corrected chi connectivity index (χ4v) is 1.01. The first kappa shape index (κ1) is 9.90. The van der Waals surface area contributed by atoms with Crippen LogP contribution >= 0.6 is 0 Å². The van der Waals surface area contributed by atoms with Crippen molar-refractivity contribution in [3.63, 3.8) is 0 Å². The molecular formula is C6H9NO6. The molecule has 1 heterocycles. The molecule has 0 spiro atoms. The van der Waals surface area contributed by atoms with Crippen LogP contribution in [0.2, 0.25) is 0 Å². The van der Waals surface area contributed by atoms with E-state index in [1.54, 1.807) is 0 Å². The topological polar surface area (TPSA) is 120 Å². The molecule has 74 valence electrons. The Hall–Kier alpha value is -1.18. The summed E-state index contributed by atoms with van der Waals surface area (Å²) in [7, 11) is 0. The molecular weight excluding hydrogens is 182 g/mol. The van der Waals surface area contributed by atoms with Crippen molar-refractivity contribution in [1.82, 2.24) is 0 Å². The molecule has 4 N–H and O–H groups in total. The summed E-state index contributed by atoms with van der Waals surface area (Å²) in [5.41, 5.74) is -0.397. The van der Waals surface area contributed by atoms with Crippen LogP contribution in [0.4, 0.5) is 0 Å². The Bertz CT molecular complexity index is 239. The molecule has 0 aromatic carbocycles. The highest BCUT2D eigenvalue weighted by Crippen LogP contribution is 2.15. The Balaban J connectivity index is 2.83. The summed E-state index contributed by atoms with van der Waals surface area (Å²) in [5.74, 6) is -1.01. The highest BCUT2D eigenvalue weighted by Gasteiger charge is 2.44. The van der Waals surface area contributed by atoms with Gasteiger partial charge in [-0.05, 0) is 0 Å². The minimum absolute atomic E-state index is 0.397. The Morgan fingerprint density at radius 1 is 1.62 bits per heavy atom. The maximum absolute atomic E-state index is 10.7. The number of ether oxygens (including phenoxy) is 1. The number of carbonyl (C=O) groups excluding carboxylic acids is 1. The van der Waals surface area contributed by atoms with Crippen molar-refractivity contribution < 1.29 is 30.1 Å². The fourth-order valence-electron chi connectivity index (χ4n) is 1.01. The molecule has 1 aliphatic heterocycles. The van der Waals surface area contributed by atoms with Gasteiger partial charge in [0, 0.05) is 0 Å². The molecule has 1 rings (SSSR count). The number of carbonyl (C=O) groups is 1. The molecule has 0 aromatic heterocycles. The van der Waals surface area contributed by atoms with E-state index in [4.69, 9.17) is 20.5 Å². The number of aliphatic hydroxyl groups is 3. The molecule has 1 fully saturated rings. The minimum Gasteiger partial charge on any atom is -0.451 e. The zero-order chi connectivity index (χ0) is 10.0. The number of esters is 1. The second kappa shape index (κ2) is 3.69. The third kappa shape index (κ3) is 1.62. The van der Waals surface area contributed by atoms with E-state index >= 15 is 0 Å². The number of hydrogen-bond acceptors (Lipinski definition) is 7. The largest absolute Gasteiger partial charge is 0.451 e. The maximum Gasteiger partial charge on any atom is 0.341 e. The van der Waals surface area contributed by atoms with Crippen molar-refractivity contribution in [2.24, 2.45) is 5.16 Å². The normalized spacial score (nSPS) is 33.5. The highest BCUT2D eigenvalue weighted by atomic mass is 16.6. The monoisotopic (exact) mass is 191 g/mol. The van der Waals surface area contributed by atoms with Gasteiger partial charge in [0.2, 0.25) is 0 Å². The first-order valence-corrected chi connectivity index (χ1v) is 3.51. The minimum atomic E-state index is -1.67. The van der Waals surface area contributed by atoms with Crippen LogP contribution in [0, 0.1) is 0 Å². The number of hydrogen-bond donors (Lipinski definition) is 4. The van der Waals surface area contributed by atoms with Crippen LogP contribution in [-0.4, -0.2) is 57.1 Å². The van der Waals surface area contributed by atoms with Crippen LogP contribution in [0.5, 0.6) is 0 Å². The first-order chi connectivity index (χ1) is 6.11. The number of rotatable bonds is 2. The van der Waals surface area contributed by atoms with E-state index in [2.05, 4.69) is 9.89 Å². The molecule has 0 aromatic rings. The molecule has 0 aliphatic carbocycles. The van der Waals surface area contributed by atoms with Crippen molar-refractivity contribution >= 4 is 11.7 Å². The second-order valence-electron chi connectivity index (χ2n) is 2.53. The van der Waals surface area contributed by atoms with Gasteiger partial charge in [-0.1, -0.05) is 5.16 Å². The SMILES string of the molecule is O=C1O[C@H]([C@H](O)CO)/C(=N/O)[C@@H]1O. The third-order valence-corrected chi connectivity index (χ3v) is 1.69. The number of cyclic esters (lactones) is 1. The summed E-state index contributed by atoms with van der Waals surface area (Å²) >= 11 is 0. The van der Waals surface area contributed by atoms with Crippen LogP contribution in [0.1, 0.15) is 0 Å². The second-order valence-corrected chi connectivity index (χ2v) is 2.53. The van der Waals surface area contributed by atoms with Gasteiger partial charge in [-0.15, -0.1) is 0 Å². The van der Waals surface area contributed by atoms with E-state index < -0.39 is 36.6 Å². The van der Waals surface area contributed by atoms with Gasteiger partial charge in [0.25, 0.3) is 0 Å². The molecule has 0 unspecified atom stereocenters. The van der Waals surface area contributed by atoms with E-state index in [-0.39, 0.29) is 0 Å². The molecule has 7 heteroatoms. The molecule has 7 nitrogen and oxygen atoms in total. The van der Waals surface area contributed by atoms with E-state index in [0.717, 1.165) is 0 Å². The molecule has 0 radical (unpaired) electrons. The van der Waals surface area contributed by atoms with Crippen molar-refractivity contribution in [3.8, 4) is 0 Å². The van der Waals surface area contributed by atoms with Crippen molar-refractivity contribution in [2.45, 2.75) is 18.3 Å². The van der Waals surface area contributed by atoms with Crippen molar-refractivity contribution in [2.75, 3.05) is 6.61 Å². The van der Waals surface area contributed by atoms with E-state index in [1.165, 1.54) is 0 Å². The standard InChI is InChI=1S/C6H9NO6/c8-1-2(9)5-3(7-12)4(10)6(11)13-5/h2,4-5,8-10,12H,1H2/b7-3+/t2-,4+,5-/m1/s1. The summed E-state index contributed by atoms with van der Waals surface area (Å²) in [6.07, 6.45) is -4.35. The molecule has 0 bridgehead atoms. The predicted octanol–water partition coefficient (Wildman–Crippen LogP) is -2.54. The quantitative estimate of drug-likeness (QED) is 0.217. The Morgan fingerprint density at radius 3 is 2.69 bits per heavy atom. The van der Waals surface area contributed by atoms with Crippen molar-refractivity contribution in [3.05, 3.63) is 0 Å². The van der Waals surface area contributed by atoms with Gasteiger partial charge in [0.05, 0.1) is 6.61 Å². The van der Waals surface area contributed by atoms with E-state index in [9.17, 15) is 4.79 Å². The Labute approximate surface area is 72.9 Å². The number of aliphatic hydroxyl groups excluding tert-OH is 3. The number of oxime groups is 1. The Kier molecular flexibility index (Phi) is 2.81. The lowest BCUT2D eigenvalue weighted by molar-refractivity contribution is -0.151. The fraction of sp³-hybridized carbons (Fsp3) is 0.667. The van der Waals surface area contributed by atoms with Crippen molar-refractivity contribution in [1.29, 1.82) is 0 Å². The average molecular weight is 191 g/mol. The summed E-state index contributed by atoms with van der Waals surface area (Å²) in [6.45, 7) is -0.663. The predicted molar refractivity (Wildman–Crippen MR) is 38.2 cm³/mol. The molecule has 0 amide bonds. The molecule has 1 aliphatic rings. The lowest BCUT2D eigenvalue weighted by Gasteiger charge is -2.13. The zero-order valence-electron chi connectivity index (χ0n) is 6.49. The molecule has 0 saturated carbocycles. The van der Waals surface area contributed by atoms with Crippen LogP contribution < -0.4 is 0 Å². The lowest BCUT2D eigenvalue weighted by atomic mass is 10.1. The Morgan fingerprint density at radius 2 is 2.23 bits per heavy atom. The van der Waals surface area contributed by atoms with Gasteiger partial charge >= 0.3 is 5.97 Å². The number of nitrogens with zero attached hydrogens (tertiary/aromatic N) is 1. The van der Waals surface area contributed by atoms with Gasteiger partial charge in [-0.2, -0.15) is 0 Å². The van der Waals surface area contributed by atoms with Gasteiger partial charge in [-0.3, -0.25) is 0 Å². The molecule has 3 atom stereocenters.